The molecule has 3 heteroatoms. The molecule has 0 aliphatic carbocycles. The number of hydrogen-bond acceptors (Lipinski definition) is 2. The predicted octanol–water partition coefficient (Wildman–Crippen LogP) is 5.72. The molecule has 0 aromatic heterocycles. The summed E-state index contributed by atoms with van der Waals surface area (Å²) in [5.41, 5.74) is 0. The molecule has 0 amide bonds. The highest BCUT2D eigenvalue weighted by Gasteiger charge is 2.17. The number of rotatable bonds is 13. The van der Waals surface area contributed by atoms with Crippen LogP contribution in [0.15, 0.2) is 35.2 Å². The summed E-state index contributed by atoms with van der Waals surface area (Å²) in [5, 5.41) is 0. The lowest BCUT2D eigenvalue weighted by molar-refractivity contribution is -0.141. The maximum absolute atomic E-state index is 11.8. The summed E-state index contributed by atoms with van der Waals surface area (Å²) in [6, 6.07) is 10.3. The van der Waals surface area contributed by atoms with E-state index in [1.54, 1.807) is 0 Å². The van der Waals surface area contributed by atoms with Crippen LogP contribution in [0.2, 0.25) is 0 Å². The van der Waals surface area contributed by atoms with Crippen molar-refractivity contribution < 1.29 is 9.53 Å². The molecule has 0 spiro atoms. The van der Waals surface area contributed by atoms with Crippen LogP contribution in [0.25, 0.3) is 0 Å². The Balaban J connectivity index is 1.96. The van der Waals surface area contributed by atoms with Gasteiger partial charge in [0.15, 0.2) is 4.90 Å². The lowest BCUT2D eigenvalue weighted by atomic mass is 10.1. The van der Waals surface area contributed by atoms with Crippen molar-refractivity contribution in [1.82, 2.24) is 0 Å². The Kier molecular flexibility index (Phi) is 11.8. The van der Waals surface area contributed by atoms with Crippen LogP contribution in [0.4, 0.5) is 0 Å². The van der Waals surface area contributed by atoms with Crippen molar-refractivity contribution in [2.45, 2.75) is 76.0 Å². The summed E-state index contributed by atoms with van der Waals surface area (Å²) in [6.07, 6.45) is 14.2. The number of hydrogen-bond donors (Lipinski definition) is 0. The summed E-state index contributed by atoms with van der Waals surface area (Å²) in [7, 11) is -0.0117. The highest BCUT2D eigenvalue weighted by atomic mass is 32.2. The van der Waals surface area contributed by atoms with E-state index in [4.69, 9.17) is 4.74 Å². The molecular weight excluding hydrogens is 304 g/mol. The molecule has 1 unspecified atom stereocenters. The van der Waals surface area contributed by atoms with Crippen LogP contribution in [0.3, 0.4) is 0 Å². The number of benzene rings is 1. The Bertz CT molecular complexity index is 405. The predicted molar refractivity (Wildman–Crippen MR) is 101 cm³/mol. The first-order chi connectivity index (χ1) is 11.2. The van der Waals surface area contributed by atoms with Crippen molar-refractivity contribution >= 4 is 16.9 Å². The molecule has 0 saturated carbocycles. The molecule has 0 aliphatic rings. The monoisotopic (exact) mass is 337 g/mol. The largest absolute Gasteiger partial charge is 0.418 e. The van der Waals surface area contributed by atoms with Gasteiger partial charge in [-0.15, -0.1) is 0 Å². The average Bonchev–Trinajstić information content (AvgIpc) is 2.59. The Morgan fingerprint density at radius 3 is 2.09 bits per heavy atom. The third-order valence-electron chi connectivity index (χ3n) is 4.03. The fraction of sp³-hybridized carbons (Fsp3) is 0.650. The van der Waals surface area contributed by atoms with E-state index in [9.17, 15) is 4.79 Å². The number of ether oxygens (including phenoxy) is 1. The average molecular weight is 338 g/mol. The molecule has 130 valence electrons. The van der Waals surface area contributed by atoms with E-state index in [-0.39, 0.29) is 16.9 Å². The maximum Gasteiger partial charge on any atom is 0.309 e. The molecule has 2 nitrogen and oxygen atoms in total. The van der Waals surface area contributed by atoms with Crippen molar-refractivity contribution in [2.24, 2.45) is 0 Å². The zero-order valence-electron chi connectivity index (χ0n) is 14.9. The molecule has 1 atom stereocenters. The molecule has 1 aromatic carbocycles. The van der Waals surface area contributed by atoms with Crippen molar-refractivity contribution in [3.05, 3.63) is 30.3 Å². The Hall–Kier alpha value is -0.960. The summed E-state index contributed by atoms with van der Waals surface area (Å²) < 4.78 is 5.40. The summed E-state index contributed by atoms with van der Waals surface area (Å²) in [4.78, 5) is 13.0. The summed E-state index contributed by atoms with van der Waals surface area (Å²) >= 11 is 0. The van der Waals surface area contributed by atoms with Crippen LogP contribution < -0.4 is 0 Å². The minimum absolute atomic E-state index is 0.0117. The maximum atomic E-state index is 11.8. The molecule has 1 rings (SSSR count). The number of unbranched alkanes of at least 4 members (excludes halogenated alkanes) is 8. The Morgan fingerprint density at radius 1 is 0.913 bits per heavy atom. The van der Waals surface area contributed by atoms with Gasteiger partial charge in [-0.3, -0.25) is 4.79 Å². The topological polar surface area (TPSA) is 26.3 Å². The van der Waals surface area contributed by atoms with E-state index >= 15 is 0 Å². The van der Waals surface area contributed by atoms with Gasteiger partial charge in [-0.1, -0.05) is 76.5 Å². The number of esters is 1. The fourth-order valence-corrected chi connectivity index (χ4v) is 3.59. The lowest BCUT2D eigenvalue weighted by Gasteiger charge is -2.05. The van der Waals surface area contributed by atoms with Gasteiger partial charge in [-0.25, -0.2) is 0 Å². The first kappa shape index (κ1) is 20.1. The quantitative estimate of drug-likeness (QED) is 0.261. The van der Waals surface area contributed by atoms with Crippen LogP contribution in [-0.2, 0) is 20.4 Å². The third-order valence-corrected chi connectivity index (χ3v) is 5.58. The summed E-state index contributed by atoms with van der Waals surface area (Å²) in [6.45, 7) is 2.25. The van der Waals surface area contributed by atoms with E-state index < -0.39 is 0 Å². The van der Waals surface area contributed by atoms with Crippen LogP contribution in [-0.4, -0.2) is 18.2 Å². The second-order valence-corrected chi connectivity index (χ2v) is 8.14. The van der Waals surface area contributed by atoms with Crippen molar-refractivity contribution in [2.75, 3.05) is 12.2 Å². The van der Waals surface area contributed by atoms with Gasteiger partial charge in [0.1, 0.15) is 6.26 Å². The van der Waals surface area contributed by atoms with E-state index in [2.05, 4.69) is 25.3 Å². The highest BCUT2D eigenvalue weighted by Crippen LogP contribution is 2.13. The summed E-state index contributed by atoms with van der Waals surface area (Å²) in [5.74, 6) is 0.475. The van der Waals surface area contributed by atoms with Gasteiger partial charge >= 0.3 is 5.97 Å². The molecular formula is C20H33O2S+. The minimum Gasteiger partial charge on any atom is -0.418 e. The van der Waals surface area contributed by atoms with Gasteiger partial charge < -0.3 is 4.74 Å². The molecule has 0 bridgehead atoms. The van der Waals surface area contributed by atoms with E-state index in [1.807, 2.05) is 18.2 Å². The highest BCUT2D eigenvalue weighted by molar-refractivity contribution is 7.96. The standard InChI is InChI=1S/C20H33O2S/c1-3-4-5-6-7-8-9-10-14-17-20(21)22-18-23(2)19-15-12-11-13-16-19/h11-13,15-16H,3-10,14,17-18H2,1-2H3/q+1. The first-order valence-electron chi connectivity index (χ1n) is 9.07. The molecule has 0 heterocycles. The van der Waals surface area contributed by atoms with E-state index in [1.165, 1.54) is 49.8 Å². The molecule has 1 aromatic rings. The molecule has 0 aliphatic heterocycles. The normalized spacial score (nSPS) is 12.1. The second-order valence-electron chi connectivity index (χ2n) is 6.16. The van der Waals surface area contributed by atoms with Gasteiger partial charge in [0, 0.05) is 6.42 Å². The van der Waals surface area contributed by atoms with Crippen LogP contribution >= 0.6 is 0 Å². The molecule has 23 heavy (non-hydrogen) atoms. The third kappa shape index (κ3) is 10.4. The Morgan fingerprint density at radius 2 is 1.48 bits per heavy atom. The van der Waals surface area contributed by atoms with E-state index in [0.717, 1.165) is 12.8 Å². The molecule has 0 fully saturated rings. The Labute approximate surface area is 145 Å². The lowest BCUT2D eigenvalue weighted by Crippen LogP contribution is -2.13. The smallest absolute Gasteiger partial charge is 0.309 e. The van der Waals surface area contributed by atoms with Crippen molar-refractivity contribution in [3.63, 3.8) is 0 Å². The number of carbonyl (C=O) groups is 1. The van der Waals surface area contributed by atoms with Crippen LogP contribution in [0.1, 0.15) is 71.1 Å². The van der Waals surface area contributed by atoms with Gasteiger partial charge in [0.25, 0.3) is 5.94 Å². The number of carbonyl (C=O) groups excluding carboxylic acids is 1. The van der Waals surface area contributed by atoms with Gasteiger partial charge in [-0.2, -0.15) is 0 Å². The van der Waals surface area contributed by atoms with Gasteiger partial charge in [0.2, 0.25) is 0 Å². The van der Waals surface area contributed by atoms with Gasteiger partial charge in [-0.05, 0) is 18.6 Å². The molecule has 0 radical (unpaired) electrons. The molecule has 0 N–H and O–H groups in total. The van der Waals surface area contributed by atoms with Gasteiger partial charge in [0.05, 0.1) is 10.9 Å². The minimum atomic E-state index is -0.0387. The zero-order chi connectivity index (χ0) is 16.8. The van der Waals surface area contributed by atoms with Crippen LogP contribution in [0, 0.1) is 0 Å². The van der Waals surface area contributed by atoms with Crippen LogP contribution in [0.5, 0.6) is 0 Å². The molecule has 0 saturated heterocycles. The SMILES string of the molecule is CCCCCCCCCCCC(=O)OC[S+](C)c1ccccc1. The van der Waals surface area contributed by atoms with Crippen molar-refractivity contribution in [3.8, 4) is 0 Å². The van der Waals surface area contributed by atoms with Crippen molar-refractivity contribution in [1.29, 1.82) is 0 Å². The second kappa shape index (κ2) is 13.5. The fourth-order valence-electron chi connectivity index (χ4n) is 2.53. The first-order valence-corrected chi connectivity index (χ1v) is 10.9. The van der Waals surface area contributed by atoms with E-state index in [0.29, 0.717) is 12.4 Å². The zero-order valence-corrected chi connectivity index (χ0v) is 15.7.